The van der Waals surface area contributed by atoms with Gasteiger partial charge < -0.3 is 15.6 Å². The highest BCUT2D eigenvalue weighted by Crippen LogP contribution is 2.19. The maximum Gasteiger partial charge on any atom is 0.258 e. The average Bonchev–Trinajstić information content (AvgIpc) is 2.60. The molecule has 0 radical (unpaired) electrons. The number of anilines is 2. The molecule has 9 heteroatoms. The van der Waals surface area contributed by atoms with Crippen molar-refractivity contribution in [3.05, 3.63) is 46.3 Å². The molecular weight excluding hydrogens is 332 g/mol. The fraction of sp³-hybridized carbons (Fsp3) is 0.353. The first-order valence-electron chi connectivity index (χ1n) is 8.22. The van der Waals surface area contributed by atoms with E-state index in [1.54, 1.807) is 11.0 Å². The van der Waals surface area contributed by atoms with E-state index in [1.807, 2.05) is 51.2 Å². The predicted molar refractivity (Wildman–Crippen MR) is 101 cm³/mol. The van der Waals surface area contributed by atoms with Gasteiger partial charge in [0.1, 0.15) is 5.82 Å². The number of aromatic nitrogens is 5. The van der Waals surface area contributed by atoms with Crippen LogP contribution in [0.5, 0.6) is 0 Å². The van der Waals surface area contributed by atoms with E-state index < -0.39 is 0 Å². The lowest BCUT2D eigenvalue weighted by Crippen LogP contribution is -2.27. The molecule has 0 amide bonds. The minimum absolute atomic E-state index is 0.143. The zero-order valence-electron chi connectivity index (χ0n) is 15.3. The van der Waals surface area contributed by atoms with E-state index in [9.17, 15) is 4.79 Å². The van der Waals surface area contributed by atoms with Crippen LogP contribution < -0.4 is 16.2 Å². The Hall–Kier alpha value is -3.07. The van der Waals surface area contributed by atoms with Gasteiger partial charge in [-0.15, -0.1) is 0 Å². The number of nitrogens with two attached hydrogens (primary N) is 1. The quantitative estimate of drug-likeness (QED) is 0.695. The van der Waals surface area contributed by atoms with Crippen molar-refractivity contribution < 1.29 is 0 Å². The monoisotopic (exact) mass is 354 g/mol. The zero-order chi connectivity index (χ0) is 18.8. The molecule has 2 heterocycles. The predicted octanol–water partition coefficient (Wildman–Crippen LogP) is 0.949. The average molecular weight is 354 g/mol. The number of hydrogen-bond donors (Lipinski definition) is 2. The maximum absolute atomic E-state index is 12.2. The first-order chi connectivity index (χ1) is 12.3. The van der Waals surface area contributed by atoms with Crippen LogP contribution in [-0.4, -0.2) is 51.0 Å². The van der Waals surface area contributed by atoms with Gasteiger partial charge in [0.05, 0.1) is 23.5 Å². The van der Waals surface area contributed by atoms with E-state index in [4.69, 9.17) is 5.73 Å². The van der Waals surface area contributed by atoms with Crippen LogP contribution in [0.15, 0.2) is 29.1 Å². The number of hydrogen-bond acceptors (Lipinski definition) is 8. The Morgan fingerprint density at radius 1 is 1.12 bits per heavy atom. The summed E-state index contributed by atoms with van der Waals surface area (Å²) in [6.07, 6.45) is 0. The Balaban J connectivity index is 1.86. The van der Waals surface area contributed by atoms with Crippen LogP contribution in [-0.2, 0) is 6.54 Å². The van der Waals surface area contributed by atoms with Gasteiger partial charge in [0.2, 0.25) is 11.9 Å². The number of benzene rings is 1. The molecule has 26 heavy (non-hydrogen) atoms. The first-order valence-corrected chi connectivity index (χ1v) is 8.22. The van der Waals surface area contributed by atoms with E-state index in [-0.39, 0.29) is 17.5 Å². The highest BCUT2D eigenvalue weighted by molar-refractivity contribution is 5.77. The van der Waals surface area contributed by atoms with E-state index in [2.05, 4.69) is 24.9 Å². The molecule has 3 rings (SSSR count). The van der Waals surface area contributed by atoms with Gasteiger partial charge in [0, 0.05) is 14.1 Å². The van der Waals surface area contributed by atoms with Gasteiger partial charge >= 0.3 is 0 Å². The molecule has 0 saturated carbocycles. The molecule has 9 nitrogen and oxygen atoms in total. The molecule has 0 unspecified atom stereocenters. The molecule has 0 fully saturated rings. The van der Waals surface area contributed by atoms with Crippen molar-refractivity contribution in [3.63, 3.8) is 0 Å². The molecule has 0 saturated heterocycles. The number of nitrogen functional groups attached to an aromatic ring is 1. The van der Waals surface area contributed by atoms with Crippen molar-refractivity contribution >= 4 is 22.8 Å². The van der Waals surface area contributed by atoms with Gasteiger partial charge in [0.25, 0.3) is 5.56 Å². The Morgan fingerprint density at radius 3 is 2.58 bits per heavy atom. The number of fused-ring (bicyclic) bond motifs is 1. The van der Waals surface area contributed by atoms with Crippen LogP contribution in [0.2, 0.25) is 0 Å². The first kappa shape index (κ1) is 17.7. The van der Waals surface area contributed by atoms with Crippen molar-refractivity contribution in [1.29, 1.82) is 0 Å². The summed E-state index contributed by atoms with van der Waals surface area (Å²) in [4.78, 5) is 36.1. The molecule has 0 spiro atoms. The second-order valence-electron chi connectivity index (χ2n) is 6.37. The van der Waals surface area contributed by atoms with Gasteiger partial charge in [-0.1, -0.05) is 12.1 Å². The lowest BCUT2D eigenvalue weighted by atomic mass is 10.2. The summed E-state index contributed by atoms with van der Waals surface area (Å²) < 4.78 is 0. The van der Waals surface area contributed by atoms with E-state index in [0.717, 1.165) is 0 Å². The molecule has 0 aliphatic heterocycles. The molecule has 2 aromatic heterocycles. The highest BCUT2D eigenvalue weighted by Gasteiger charge is 2.18. The van der Waals surface area contributed by atoms with Crippen LogP contribution in [0.1, 0.15) is 24.6 Å². The number of aromatic amines is 1. The second-order valence-corrected chi connectivity index (χ2v) is 6.37. The number of nitrogens with zero attached hydrogens (tertiary/aromatic N) is 6. The maximum atomic E-state index is 12.2. The topological polar surface area (TPSA) is 117 Å². The third-order valence-electron chi connectivity index (χ3n) is 4.15. The van der Waals surface area contributed by atoms with E-state index in [1.165, 1.54) is 0 Å². The van der Waals surface area contributed by atoms with Crippen molar-refractivity contribution in [2.45, 2.75) is 19.5 Å². The fourth-order valence-corrected chi connectivity index (χ4v) is 2.56. The summed E-state index contributed by atoms with van der Waals surface area (Å²) in [6.45, 7) is 2.40. The van der Waals surface area contributed by atoms with Crippen LogP contribution in [0, 0.1) is 0 Å². The zero-order valence-corrected chi connectivity index (χ0v) is 15.3. The van der Waals surface area contributed by atoms with Crippen LogP contribution in [0.4, 0.5) is 11.9 Å². The van der Waals surface area contributed by atoms with Gasteiger partial charge in [-0.2, -0.15) is 15.0 Å². The normalized spacial score (nSPS) is 12.5. The largest absolute Gasteiger partial charge is 0.368 e. The summed E-state index contributed by atoms with van der Waals surface area (Å²) in [5.41, 5.74) is 6.33. The van der Waals surface area contributed by atoms with E-state index >= 15 is 0 Å². The lowest BCUT2D eigenvalue weighted by molar-refractivity contribution is 0.238. The second kappa shape index (κ2) is 7.04. The highest BCUT2D eigenvalue weighted by atomic mass is 16.1. The molecule has 3 N–H and O–H groups in total. The summed E-state index contributed by atoms with van der Waals surface area (Å²) in [6, 6.07) is 7.12. The molecule has 136 valence electrons. The number of para-hydroxylation sites is 1. The molecular formula is C17H22N8O. The van der Waals surface area contributed by atoms with Crippen LogP contribution in [0.3, 0.4) is 0 Å². The summed E-state index contributed by atoms with van der Waals surface area (Å²) in [5, 5.41) is 0.577. The van der Waals surface area contributed by atoms with Crippen molar-refractivity contribution in [2.75, 3.05) is 31.8 Å². The third kappa shape index (κ3) is 3.62. The Bertz CT molecular complexity index is 984. The molecule has 1 atom stereocenters. The third-order valence-corrected chi connectivity index (χ3v) is 4.15. The van der Waals surface area contributed by atoms with Crippen molar-refractivity contribution in [3.8, 4) is 0 Å². The summed E-state index contributed by atoms with van der Waals surface area (Å²) in [5.74, 6) is 1.82. The number of H-pyrrole nitrogens is 1. The molecule has 1 aromatic carbocycles. The van der Waals surface area contributed by atoms with E-state index in [0.29, 0.717) is 35.0 Å². The minimum atomic E-state index is -0.147. The molecule has 0 aliphatic rings. The van der Waals surface area contributed by atoms with Gasteiger partial charge in [-0.3, -0.25) is 9.69 Å². The van der Waals surface area contributed by atoms with Crippen molar-refractivity contribution in [2.24, 2.45) is 0 Å². The Labute approximate surface area is 150 Å². The number of rotatable bonds is 5. The Kier molecular flexibility index (Phi) is 4.81. The number of nitrogens with one attached hydrogen (secondary N) is 1. The minimum Gasteiger partial charge on any atom is -0.368 e. The van der Waals surface area contributed by atoms with Gasteiger partial charge in [-0.25, -0.2) is 4.98 Å². The van der Waals surface area contributed by atoms with Gasteiger partial charge in [0.15, 0.2) is 5.82 Å². The van der Waals surface area contributed by atoms with Crippen LogP contribution in [0.25, 0.3) is 10.9 Å². The smallest absolute Gasteiger partial charge is 0.258 e. The van der Waals surface area contributed by atoms with Crippen LogP contribution >= 0.6 is 0 Å². The summed E-state index contributed by atoms with van der Waals surface area (Å²) >= 11 is 0. The summed E-state index contributed by atoms with van der Waals surface area (Å²) in [7, 11) is 5.60. The molecule has 3 aromatic rings. The fourth-order valence-electron chi connectivity index (χ4n) is 2.56. The SMILES string of the molecule is C[C@H](c1nc(N)nc(N(C)C)n1)N(C)Cc1nc2ccccc2c(=O)[nH]1. The Morgan fingerprint density at radius 2 is 1.85 bits per heavy atom. The molecule has 0 aliphatic carbocycles. The standard InChI is InChI=1S/C17H22N8O/c1-10(14-21-16(18)23-17(22-14)24(2)3)25(4)9-13-19-12-8-6-5-7-11(12)15(26)20-13/h5-8,10H,9H2,1-4H3,(H,19,20,26)(H2,18,21,22,23)/t10-/m1/s1. The lowest BCUT2D eigenvalue weighted by Gasteiger charge is -2.23. The van der Waals surface area contributed by atoms with Crippen molar-refractivity contribution in [1.82, 2.24) is 29.8 Å². The molecule has 0 bridgehead atoms. The van der Waals surface area contributed by atoms with Gasteiger partial charge in [-0.05, 0) is 26.1 Å².